The third-order valence-electron chi connectivity index (χ3n) is 1.62. The molecular weight excluding hydrogens is 196 g/mol. The average Bonchev–Trinajstić information content (AvgIpc) is 2.16. The zero-order valence-electron chi connectivity index (χ0n) is 8.10. The standard InChI is InChI=1S/C9H10N4O2/c1-7-2-4-8(5-3-7)6-11-9(10)12-13(14)15/h2-6H,1H3,(H2,10,12). The normalized spacial score (nSPS) is 10.2. The molecule has 0 heterocycles. The van der Waals surface area contributed by atoms with Crippen LogP contribution in [0.25, 0.3) is 0 Å². The van der Waals surface area contributed by atoms with Crippen molar-refractivity contribution in [2.75, 3.05) is 0 Å². The zero-order valence-corrected chi connectivity index (χ0v) is 8.10. The van der Waals surface area contributed by atoms with Gasteiger partial charge in [0.05, 0.1) is 0 Å². The molecule has 0 atom stereocenters. The number of hydrazine groups is 1. The summed E-state index contributed by atoms with van der Waals surface area (Å²) < 4.78 is 0. The van der Waals surface area contributed by atoms with Gasteiger partial charge >= 0.3 is 0 Å². The molecule has 0 aliphatic heterocycles. The molecule has 1 aromatic rings. The van der Waals surface area contributed by atoms with Gasteiger partial charge in [0.15, 0.2) is 5.03 Å². The number of nitrogens with zero attached hydrogens (tertiary/aromatic N) is 2. The molecule has 78 valence electrons. The van der Waals surface area contributed by atoms with Gasteiger partial charge in [0.25, 0.3) is 5.96 Å². The Morgan fingerprint density at radius 2 is 2.13 bits per heavy atom. The second-order valence-electron chi connectivity index (χ2n) is 2.89. The summed E-state index contributed by atoms with van der Waals surface area (Å²) in [7, 11) is 0. The van der Waals surface area contributed by atoms with Crippen LogP contribution < -0.4 is 5.43 Å². The van der Waals surface area contributed by atoms with Crippen LogP contribution in [0.5, 0.6) is 0 Å². The fraction of sp³-hybridized carbons (Fsp3) is 0.111. The van der Waals surface area contributed by atoms with E-state index in [4.69, 9.17) is 5.41 Å². The van der Waals surface area contributed by atoms with E-state index in [0.717, 1.165) is 11.1 Å². The molecule has 0 aliphatic carbocycles. The van der Waals surface area contributed by atoms with Crippen LogP contribution in [0.1, 0.15) is 11.1 Å². The predicted octanol–water partition coefficient (Wildman–Crippen LogP) is 1.13. The van der Waals surface area contributed by atoms with Gasteiger partial charge in [-0.2, -0.15) is 0 Å². The van der Waals surface area contributed by atoms with Gasteiger partial charge < -0.3 is 0 Å². The molecule has 6 nitrogen and oxygen atoms in total. The van der Waals surface area contributed by atoms with E-state index in [1.54, 1.807) is 5.43 Å². The Labute approximate surface area is 86.3 Å². The Balaban J connectivity index is 2.61. The van der Waals surface area contributed by atoms with Crippen molar-refractivity contribution in [1.29, 1.82) is 5.41 Å². The number of nitro groups is 1. The number of aliphatic imine (C=N–C) groups is 1. The maximum atomic E-state index is 9.95. The molecule has 0 unspecified atom stereocenters. The minimum Gasteiger partial charge on any atom is -0.263 e. The van der Waals surface area contributed by atoms with Crippen LogP contribution >= 0.6 is 0 Å². The van der Waals surface area contributed by atoms with Crippen molar-refractivity contribution in [3.63, 3.8) is 0 Å². The quantitative estimate of drug-likeness (QED) is 0.329. The summed E-state index contributed by atoms with van der Waals surface area (Å²) in [6.45, 7) is 1.96. The van der Waals surface area contributed by atoms with Crippen LogP contribution in [-0.4, -0.2) is 17.2 Å². The average molecular weight is 206 g/mol. The van der Waals surface area contributed by atoms with Gasteiger partial charge in [-0.1, -0.05) is 35.3 Å². The predicted molar refractivity (Wildman–Crippen MR) is 56.6 cm³/mol. The smallest absolute Gasteiger partial charge is 0.263 e. The van der Waals surface area contributed by atoms with E-state index < -0.39 is 11.0 Å². The van der Waals surface area contributed by atoms with Crippen molar-refractivity contribution in [1.82, 2.24) is 5.43 Å². The highest BCUT2D eigenvalue weighted by atomic mass is 16.7. The first kappa shape index (κ1) is 10.8. The van der Waals surface area contributed by atoms with Crippen LogP contribution in [0, 0.1) is 22.4 Å². The summed E-state index contributed by atoms with van der Waals surface area (Å²) in [5, 5.41) is 16.2. The van der Waals surface area contributed by atoms with Crippen LogP contribution in [0.4, 0.5) is 0 Å². The summed E-state index contributed by atoms with van der Waals surface area (Å²) in [6, 6.07) is 7.42. The molecule has 0 fully saturated rings. The fourth-order valence-corrected chi connectivity index (χ4v) is 0.907. The topological polar surface area (TPSA) is 91.4 Å². The fourth-order valence-electron chi connectivity index (χ4n) is 0.907. The number of aryl methyl sites for hydroxylation is 1. The highest BCUT2D eigenvalue weighted by Crippen LogP contribution is 1.99. The van der Waals surface area contributed by atoms with E-state index in [-0.39, 0.29) is 0 Å². The number of hydrogen-bond donors (Lipinski definition) is 2. The minimum atomic E-state index is -0.825. The lowest BCUT2D eigenvalue weighted by Gasteiger charge is -1.94. The monoisotopic (exact) mass is 206 g/mol. The molecule has 1 aromatic carbocycles. The van der Waals surface area contributed by atoms with E-state index in [2.05, 4.69) is 4.99 Å². The van der Waals surface area contributed by atoms with E-state index in [0.29, 0.717) is 0 Å². The third-order valence-corrected chi connectivity index (χ3v) is 1.62. The first-order valence-corrected chi connectivity index (χ1v) is 4.18. The molecule has 0 saturated heterocycles. The molecule has 0 amide bonds. The van der Waals surface area contributed by atoms with Gasteiger partial charge in [-0.25, -0.2) is 15.1 Å². The van der Waals surface area contributed by atoms with Crippen LogP contribution in [0.15, 0.2) is 29.3 Å². The number of nitrogens with one attached hydrogen (secondary N) is 2. The van der Waals surface area contributed by atoms with E-state index in [9.17, 15) is 10.1 Å². The summed E-state index contributed by atoms with van der Waals surface area (Å²) >= 11 is 0. The number of benzene rings is 1. The van der Waals surface area contributed by atoms with Crippen molar-refractivity contribution in [2.45, 2.75) is 6.92 Å². The maximum absolute atomic E-state index is 9.95. The second kappa shape index (κ2) is 4.85. The third kappa shape index (κ3) is 3.99. The van der Waals surface area contributed by atoms with Crippen molar-refractivity contribution in [2.24, 2.45) is 4.99 Å². The number of hydrogen-bond acceptors (Lipinski definition) is 3. The minimum absolute atomic E-state index is 0.499. The van der Waals surface area contributed by atoms with Crippen molar-refractivity contribution in [3.05, 3.63) is 45.5 Å². The molecule has 0 spiro atoms. The Morgan fingerprint density at radius 3 is 2.67 bits per heavy atom. The molecule has 0 bridgehead atoms. The van der Waals surface area contributed by atoms with Crippen LogP contribution in [0.3, 0.4) is 0 Å². The van der Waals surface area contributed by atoms with Gasteiger partial charge in [-0.05, 0) is 12.5 Å². The van der Waals surface area contributed by atoms with Gasteiger partial charge in [0, 0.05) is 6.21 Å². The molecule has 0 saturated carbocycles. The van der Waals surface area contributed by atoms with Gasteiger partial charge in [-0.3, -0.25) is 5.41 Å². The van der Waals surface area contributed by atoms with Gasteiger partial charge in [0.1, 0.15) is 0 Å². The zero-order chi connectivity index (χ0) is 11.3. The molecule has 1 rings (SSSR count). The molecule has 2 N–H and O–H groups in total. The first-order valence-electron chi connectivity index (χ1n) is 4.18. The summed E-state index contributed by atoms with van der Waals surface area (Å²) in [5.41, 5.74) is 3.54. The SMILES string of the molecule is Cc1ccc(C=NC(=N)N[N+](=O)[O-])cc1. The number of guanidine groups is 1. The lowest BCUT2D eigenvalue weighted by Crippen LogP contribution is -2.26. The van der Waals surface area contributed by atoms with Gasteiger partial charge in [0.2, 0.25) is 0 Å². The Kier molecular flexibility index (Phi) is 3.50. The lowest BCUT2D eigenvalue weighted by molar-refractivity contribution is -0.525. The highest BCUT2D eigenvalue weighted by Gasteiger charge is 1.98. The number of rotatable bonds is 2. The summed E-state index contributed by atoms with van der Waals surface area (Å²) in [4.78, 5) is 13.5. The Hall–Kier alpha value is -2.24. The van der Waals surface area contributed by atoms with Crippen molar-refractivity contribution >= 4 is 12.2 Å². The lowest BCUT2D eigenvalue weighted by atomic mass is 10.2. The van der Waals surface area contributed by atoms with Crippen LogP contribution in [-0.2, 0) is 0 Å². The molecule has 6 heteroatoms. The van der Waals surface area contributed by atoms with Crippen molar-refractivity contribution in [3.8, 4) is 0 Å². The molecule has 0 aliphatic rings. The molecule has 15 heavy (non-hydrogen) atoms. The van der Waals surface area contributed by atoms with Gasteiger partial charge in [-0.15, -0.1) is 0 Å². The Bertz CT molecular complexity index is 397. The Morgan fingerprint density at radius 1 is 1.53 bits per heavy atom. The summed E-state index contributed by atoms with van der Waals surface area (Å²) in [5.74, 6) is -0.499. The summed E-state index contributed by atoms with van der Waals surface area (Å²) in [6.07, 6.45) is 1.39. The molecule has 0 radical (unpaired) electrons. The van der Waals surface area contributed by atoms with E-state index in [1.165, 1.54) is 6.21 Å². The second-order valence-corrected chi connectivity index (χ2v) is 2.89. The molecule has 0 aromatic heterocycles. The van der Waals surface area contributed by atoms with E-state index >= 15 is 0 Å². The first-order chi connectivity index (χ1) is 7.08. The highest BCUT2D eigenvalue weighted by molar-refractivity contribution is 5.91. The van der Waals surface area contributed by atoms with E-state index in [1.807, 2.05) is 31.2 Å². The largest absolute Gasteiger partial charge is 0.277 e. The maximum Gasteiger partial charge on any atom is 0.277 e. The van der Waals surface area contributed by atoms with Crippen molar-refractivity contribution < 1.29 is 5.03 Å². The van der Waals surface area contributed by atoms with Crippen LogP contribution in [0.2, 0.25) is 0 Å². The molecular formula is C9H10N4O2.